The number of amides is 1. The molecule has 0 spiro atoms. The summed E-state index contributed by atoms with van der Waals surface area (Å²) in [7, 11) is 0. The second kappa shape index (κ2) is 9.35. The van der Waals surface area contributed by atoms with Crippen molar-refractivity contribution >= 4 is 5.91 Å². The van der Waals surface area contributed by atoms with Crippen LogP contribution < -0.4 is 5.73 Å². The molecule has 1 amide bonds. The van der Waals surface area contributed by atoms with Crippen LogP contribution in [0.15, 0.2) is 0 Å². The fourth-order valence-corrected chi connectivity index (χ4v) is 3.07. The molecule has 1 aliphatic carbocycles. The smallest absolute Gasteiger partial charge is 0.222 e. The molecule has 0 radical (unpaired) electrons. The third-order valence-corrected chi connectivity index (χ3v) is 4.34. The molecule has 0 bridgehead atoms. The molecule has 0 saturated heterocycles. The largest absolute Gasteiger partial charge is 0.340 e. The highest BCUT2D eigenvalue weighted by atomic mass is 16.2. The molecule has 112 valence electrons. The molecule has 0 aromatic rings. The highest BCUT2D eigenvalue weighted by Crippen LogP contribution is 2.23. The molecule has 19 heavy (non-hydrogen) atoms. The Hall–Kier alpha value is -0.570. The number of nitrogens with two attached hydrogens (primary N) is 1. The van der Waals surface area contributed by atoms with Crippen LogP contribution in [0.2, 0.25) is 0 Å². The van der Waals surface area contributed by atoms with Gasteiger partial charge >= 0.3 is 0 Å². The minimum Gasteiger partial charge on any atom is -0.340 e. The molecule has 1 fully saturated rings. The van der Waals surface area contributed by atoms with Crippen LogP contribution in [-0.2, 0) is 4.79 Å². The standard InChI is InChI=1S/C16H32N2O/c1-3-5-6-7-8-9-16(19)18(4-2)15-12-10-14(17)11-13-15/h14-15H,3-13,17H2,1-2H3. The topological polar surface area (TPSA) is 46.3 Å². The van der Waals surface area contributed by atoms with Gasteiger partial charge in [0.15, 0.2) is 0 Å². The Morgan fingerprint density at radius 2 is 1.68 bits per heavy atom. The van der Waals surface area contributed by atoms with Crippen LogP contribution in [0.5, 0.6) is 0 Å². The average molecular weight is 268 g/mol. The van der Waals surface area contributed by atoms with E-state index in [1.165, 1.54) is 25.7 Å². The zero-order chi connectivity index (χ0) is 14.1. The maximum Gasteiger partial charge on any atom is 0.222 e. The van der Waals surface area contributed by atoms with E-state index in [0.29, 0.717) is 18.0 Å². The van der Waals surface area contributed by atoms with Gasteiger partial charge in [-0.25, -0.2) is 0 Å². The third-order valence-electron chi connectivity index (χ3n) is 4.34. The van der Waals surface area contributed by atoms with Gasteiger partial charge in [-0.2, -0.15) is 0 Å². The van der Waals surface area contributed by atoms with Crippen LogP contribution in [0.3, 0.4) is 0 Å². The number of rotatable bonds is 8. The van der Waals surface area contributed by atoms with Crippen molar-refractivity contribution in [3.63, 3.8) is 0 Å². The average Bonchev–Trinajstić information content (AvgIpc) is 2.41. The first-order chi connectivity index (χ1) is 9.19. The number of unbranched alkanes of at least 4 members (excludes halogenated alkanes) is 4. The summed E-state index contributed by atoms with van der Waals surface area (Å²) in [5, 5.41) is 0. The van der Waals surface area contributed by atoms with Crippen LogP contribution in [-0.4, -0.2) is 29.4 Å². The normalized spacial score (nSPS) is 23.3. The highest BCUT2D eigenvalue weighted by Gasteiger charge is 2.26. The fourth-order valence-electron chi connectivity index (χ4n) is 3.07. The molecule has 1 rings (SSSR count). The lowest BCUT2D eigenvalue weighted by Gasteiger charge is -2.35. The van der Waals surface area contributed by atoms with Crippen molar-refractivity contribution in [3.05, 3.63) is 0 Å². The van der Waals surface area contributed by atoms with Crippen molar-refractivity contribution in [1.29, 1.82) is 0 Å². The molecule has 0 aromatic heterocycles. The summed E-state index contributed by atoms with van der Waals surface area (Å²) < 4.78 is 0. The monoisotopic (exact) mass is 268 g/mol. The summed E-state index contributed by atoms with van der Waals surface area (Å²) >= 11 is 0. The van der Waals surface area contributed by atoms with E-state index in [1.54, 1.807) is 0 Å². The first kappa shape index (κ1) is 16.5. The van der Waals surface area contributed by atoms with Crippen LogP contribution in [0.1, 0.15) is 78.1 Å². The van der Waals surface area contributed by atoms with Gasteiger partial charge in [0.05, 0.1) is 0 Å². The van der Waals surface area contributed by atoms with Gasteiger partial charge in [-0.3, -0.25) is 4.79 Å². The Morgan fingerprint density at radius 1 is 1.05 bits per heavy atom. The number of carbonyl (C=O) groups excluding carboxylic acids is 1. The van der Waals surface area contributed by atoms with E-state index in [9.17, 15) is 4.79 Å². The first-order valence-corrected chi connectivity index (χ1v) is 8.24. The van der Waals surface area contributed by atoms with Crippen LogP contribution in [0.4, 0.5) is 0 Å². The van der Waals surface area contributed by atoms with E-state index >= 15 is 0 Å². The van der Waals surface area contributed by atoms with Crippen LogP contribution >= 0.6 is 0 Å². The van der Waals surface area contributed by atoms with E-state index < -0.39 is 0 Å². The van der Waals surface area contributed by atoms with Crippen molar-refractivity contribution in [2.45, 2.75) is 90.1 Å². The minimum atomic E-state index is 0.360. The lowest BCUT2D eigenvalue weighted by Crippen LogP contribution is -2.44. The molecule has 3 heteroatoms. The fraction of sp³-hybridized carbons (Fsp3) is 0.938. The lowest BCUT2D eigenvalue weighted by atomic mass is 9.90. The quantitative estimate of drug-likeness (QED) is 0.685. The summed E-state index contributed by atoms with van der Waals surface area (Å²) in [6, 6.07) is 0.812. The molecular formula is C16H32N2O. The molecule has 0 atom stereocenters. The first-order valence-electron chi connectivity index (χ1n) is 8.24. The van der Waals surface area contributed by atoms with Crippen molar-refractivity contribution in [1.82, 2.24) is 4.90 Å². The molecule has 2 N–H and O–H groups in total. The van der Waals surface area contributed by atoms with Gasteiger partial charge in [-0.05, 0) is 39.0 Å². The van der Waals surface area contributed by atoms with Crippen LogP contribution in [0, 0.1) is 0 Å². The van der Waals surface area contributed by atoms with Gasteiger partial charge < -0.3 is 10.6 Å². The number of nitrogens with zero attached hydrogens (tertiary/aromatic N) is 1. The summed E-state index contributed by atoms with van der Waals surface area (Å²) in [5.74, 6) is 0.361. The van der Waals surface area contributed by atoms with Gasteiger partial charge in [0.25, 0.3) is 0 Å². The summed E-state index contributed by atoms with van der Waals surface area (Å²) in [6.07, 6.45) is 11.2. The van der Waals surface area contributed by atoms with Crippen molar-refractivity contribution in [2.24, 2.45) is 5.73 Å². The van der Waals surface area contributed by atoms with Gasteiger partial charge in [0, 0.05) is 25.0 Å². The number of hydrogen-bond acceptors (Lipinski definition) is 2. The zero-order valence-electron chi connectivity index (χ0n) is 12.9. The Balaban J connectivity index is 2.27. The Bertz CT molecular complexity index is 247. The zero-order valence-corrected chi connectivity index (χ0v) is 12.9. The van der Waals surface area contributed by atoms with E-state index in [1.807, 2.05) is 0 Å². The van der Waals surface area contributed by atoms with Gasteiger partial charge in [-0.1, -0.05) is 32.6 Å². The van der Waals surface area contributed by atoms with Gasteiger partial charge in [-0.15, -0.1) is 0 Å². The molecule has 3 nitrogen and oxygen atoms in total. The Labute approximate surface area is 118 Å². The third kappa shape index (κ3) is 5.94. The SMILES string of the molecule is CCCCCCCC(=O)N(CC)C1CCC(N)CC1. The van der Waals surface area contributed by atoms with Crippen molar-refractivity contribution < 1.29 is 4.79 Å². The minimum absolute atomic E-state index is 0.360. The van der Waals surface area contributed by atoms with Gasteiger partial charge in [0.2, 0.25) is 5.91 Å². The van der Waals surface area contributed by atoms with Crippen LogP contribution in [0.25, 0.3) is 0 Å². The Kier molecular flexibility index (Phi) is 8.11. The second-order valence-corrected chi connectivity index (χ2v) is 5.91. The predicted octanol–water partition coefficient (Wildman–Crippen LogP) is 3.47. The maximum atomic E-state index is 12.3. The van der Waals surface area contributed by atoms with E-state index in [4.69, 9.17) is 5.73 Å². The molecular weight excluding hydrogens is 236 g/mol. The second-order valence-electron chi connectivity index (χ2n) is 5.91. The Morgan fingerprint density at radius 3 is 2.26 bits per heavy atom. The number of hydrogen-bond donors (Lipinski definition) is 1. The molecule has 1 saturated carbocycles. The molecule has 1 aliphatic rings. The molecule has 0 aromatic carbocycles. The summed E-state index contributed by atoms with van der Waals surface area (Å²) in [6.45, 7) is 5.18. The maximum absolute atomic E-state index is 12.3. The van der Waals surface area contributed by atoms with Gasteiger partial charge in [0.1, 0.15) is 0 Å². The summed E-state index contributed by atoms with van der Waals surface area (Å²) in [4.78, 5) is 14.4. The highest BCUT2D eigenvalue weighted by molar-refractivity contribution is 5.76. The lowest BCUT2D eigenvalue weighted by molar-refractivity contribution is -0.134. The van der Waals surface area contributed by atoms with Crippen molar-refractivity contribution in [3.8, 4) is 0 Å². The van der Waals surface area contributed by atoms with E-state index in [2.05, 4.69) is 18.7 Å². The molecule has 0 heterocycles. The van der Waals surface area contributed by atoms with Crippen molar-refractivity contribution in [2.75, 3.05) is 6.54 Å². The number of carbonyl (C=O) groups is 1. The molecule has 0 aliphatic heterocycles. The van der Waals surface area contributed by atoms with E-state index in [0.717, 1.165) is 45.1 Å². The summed E-state index contributed by atoms with van der Waals surface area (Å²) in [5.41, 5.74) is 5.94. The molecule has 0 unspecified atom stereocenters. The predicted molar refractivity (Wildman–Crippen MR) is 81.0 cm³/mol. The van der Waals surface area contributed by atoms with E-state index in [-0.39, 0.29) is 0 Å².